The summed E-state index contributed by atoms with van der Waals surface area (Å²) in [6.07, 6.45) is 0. The van der Waals surface area contributed by atoms with Crippen molar-refractivity contribution >= 4 is 0 Å². The van der Waals surface area contributed by atoms with E-state index in [2.05, 4.69) is 23.6 Å². The highest BCUT2D eigenvalue weighted by atomic mass is 19.1. The fourth-order valence-corrected chi connectivity index (χ4v) is 3.14. The van der Waals surface area contributed by atoms with Gasteiger partial charge in [0.25, 0.3) is 0 Å². The van der Waals surface area contributed by atoms with Crippen LogP contribution in [0.3, 0.4) is 0 Å². The Balaban J connectivity index is 2.18. The Kier molecular flexibility index (Phi) is 5.56. The van der Waals surface area contributed by atoms with Crippen LogP contribution in [0.2, 0.25) is 0 Å². The molecule has 0 bridgehead atoms. The number of fused-ring (bicyclic) bond motifs is 1. The molecule has 0 amide bonds. The van der Waals surface area contributed by atoms with Crippen molar-refractivity contribution < 1.29 is 9.13 Å². The SMILES string of the molecule is CCN(CC)CCN1Cc2c(OC)ccc(F)c2C1CN. The molecule has 1 aromatic rings. The van der Waals surface area contributed by atoms with E-state index in [1.165, 1.54) is 6.07 Å². The van der Waals surface area contributed by atoms with E-state index in [4.69, 9.17) is 10.5 Å². The van der Waals surface area contributed by atoms with E-state index in [9.17, 15) is 4.39 Å². The van der Waals surface area contributed by atoms with Crippen molar-refractivity contribution in [1.82, 2.24) is 9.80 Å². The van der Waals surface area contributed by atoms with Crippen molar-refractivity contribution in [2.45, 2.75) is 26.4 Å². The zero-order valence-corrected chi connectivity index (χ0v) is 13.2. The number of nitrogens with zero attached hydrogens (tertiary/aromatic N) is 2. The number of halogens is 1. The maximum atomic E-state index is 14.2. The third kappa shape index (κ3) is 3.20. The molecule has 0 saturated heterocycles. The highest BCUT2D eigenvalue weighted by Gasteiger charge is 2.33. The standard InChI is InChI=1S/C16H26FN3O/c1-4-19(5-2)8-9-20-11-12-15(21-3)7-6-13(17)16(12)14(20)10-18/h6-7,14H,4-5,8-11,18H2,1-3H3. The second-order valence-corrected chi connectivity index (χ2v) is 5.39. The van der Waals surface area contributed by atoms with E-state index in [1.54, 1.807) is 13.2 Å². The smallest absolute Gasteiger partial charge is 0.128 e. The van der Waals surface area contributed by atoms with Crippen LogP contribution < -0.4 is 10.5 Å². The quantitative estimate of drug-likeness (QED) is 0.835. The molecule has 21 heavy (non-hydrogen) atoms. The molecule has 0 saturated carbocycles. The monoisotopic (exact) mass is 295 g/mol. The molecule has 1 heterocycles. The van der Waals surface area contributed by atoms with Gasteiger partial charge in [0.1, 0.15) is 11.6 Å². The molecule has 5 heteroatoms. The first-order valence-electron chi connectivity index (χ1n) is 7.67. The maximum absolute atomic E-state index is 14.2. The van der Waals surface area contributed by atoms with Gasteiger partial charge < -0.3 is 15.4 Å². The number of nitrogens with two attached hydrogens (primary N) is 1. The summed E-state index contributed by atoms with van der Waals surface area (Å²) in [6.45, 7) is 9.37. The van der Waals surface area contributed by atoms with Crippen molar-refractivity contribution in [3.8, 4) is 5.75 Å². The summed E-state index contributed by atoms with van der Waals surface area (Å²) < 4.78 is 19.6. The molecule has 2 rings (SSSR count). The third-order valence-electron chi connectivity index (χ3n) is 4.44. The molecule has 2 N–H and O–H groups in total. The Labute approximate surface area is 126 Å². The van der Waals surface area contributed by atoms with Gasteiger partial charge in [-0.1, -0.05) is 13.8 Å². The lowest BCUT2D eigenvalue weighted by Crippen LogP contribution is -2.36. The van der Waals surface area contributed by atoms with Crippen LogP contribution in [0, 0.1) is 5.82 Å². The molecule has 118 valence electrons. The topological polar surface area (TPSA) is 41.7 Å². The molecule has 1 unspecified atom stereocenters. The Morgan fingerprint density at radius 3 is 2.67 bits per heavy atom. The van der Waals surface area contributed by atoms with Crippen molar-refractivity contribution in [1.29, 1.82) is 0 Å². The molecule has 1 aliphatic heterocycles. The lowest BCUT2D eigenvalue weighted by atomic mass is 10.0. The lowest BCUT2D eigenvalue weighted by molar-refractivity contribution is 0.178. The Hall–Kier alpha value is -1.17. The van der Waals surface area contributed by atoms with Crippen LogP contribution in [0.25, 0.3) is 0 Å². The largest absolute Gasteiger partial charge is 0.496 e. The lowest BCUT2D eigenvalue weighted by Gasteiger charge is -2.27. The first kappa shape index (κ1) is 16.2. The molecular weight excluding hydrogens is 269 g/mol. The van der Waals surface area contributed by atoms with Crippen LogP contribution in [0.4, 0.5) is 4.39 Å². The van der Waals surface area contributed by atoms with Crippen molar-refractivity contribution in [2.24, 2.45) is 5.73 Å². The van der Waals surface area contributed by atoms with Gasteiger partial charge >= 0.3 is 0 Å². The van der Waals surface area contributed by atoms with Gasteiger partial charge in [-0.15, -0.1) is 0 Å². The summed E-state index contributed by atoms with van der Waals surface area (Å²) in [7, 11) is 1.63. The number of hydrogen-bond donors (Lipinski definition) is 1. The van der Waals surface area contributed by atoms with Gasteiger partial charge in [0.15, 0.2) is 0 Å². The summed E-state index contributed by atoms with van der Waals surface area (Å²) in [6, 6.07) is 3.13. The summed E-state index contributed by atoms with van der Waals surface area (Å²) in [5.41, 5.74) is 7.58. The first-order valence-corrected chi connectivity index (χ1v) is 7.67. The molecule has 1 aromatic carbocycles. The van der Waals surface area contributed by atoms with Gasteiger partial charge in [-0.05, 0) is 25.2 Å². The van der Waals surface area contributed by atoms with E-state index in [0.29, 0.717) is 13.1 Å². The van der Waals surface area contributed by atoms with Crippen LogP contribution in [-0.4, -0.2) is 49.6 Å². The molecule has 0 aromatic heterocycles. The number of ether oxygens (including phenoxy) is 1. The first-order chi connectivity index (χ1) is 10.2. The number of rotatable bonds is 7. The van der Waals surface area contributed by atoms with Crippen LogP contribution >= 0.6 is 0 Å². The molecule has 1 atom stereocenters. The summed E-state index contributed by atoms with van der Waals surface area (Å²) >= 11 is 0. The summed E-state index contributed by atoms with van der Waals surface area (Å²) in [5.74, 6) is 0.585. The molecular formula is C16H26FN3O. The predicted molar refractivity (Wildman–Crippen MR) is 82.9 cm³/mol. The minimum absolute atomic E-state index is 0.0503. The van der Waals surface area contributed by atoms with E-state index in [1.807, 2.05) is 0 Å². The minimum Gasteiger partial charge on any atom is -0.496 e. The zero-order valence-electron chi connectivity index (χ0n) is 13.2. The van der Waals surface area contributed by atoms with Gasteiger partial charge in [0.2, 0.25) is 0 Å². The van der Waals surface area contributed by atoms with E-state index < -0.39 is 0 Å². The Morgan fingerprint density at radius 2 is 2.10 bits per heavy atom. The Bertz CT molecular complexity index is 477. The van der Waals surface area contributed by atoms with Gasteiger partial charge in [-0.3, -0.25) is 4.90 Å². The molecule has 0 fully saturated rings. The van der Waals surface area contributed by atoms with Crippen molar-refractivity contribution in [3.63, 3.8) is 0 Å². The highest BCUT2D eigenvalue weighted by molar-refractivity contribution is 5.45. The van der Waals surface area contributed by atoms with Crippen LogP contribution in [0.1, 0.15) is 31.0 Å². The number of benzene rings is 1. The van der Waals surface area contributed by atoms with Gasteiger partial charge in [0.05, 0.1) is 13.2 Å². The third-order valence-corrected chi connectivity index (χ3v) is 4.44. The van der Waals surface area contributed by atoms with Crippen molar-refractivity contribution in [3.05, 3.63) is 29.1 Å². The minimum atomic E-state index is -0.174. The van der Waals surface area contributed by atoms with Crippen molar-refractivity contribution in [2.75, 3.05) is 39.8 Å². The molecule has 0 spiro atoms. The van der Waals surface area contributed by atoms with Crippen LogP contribution in [-0.2, 0) is 6.54 Å². The van der Waals surface area contributed by atoms with E-state index in [0.717, 1.165) is 43.1 Å². The zero-order chi connectivity index (χ0) is 15.4. The number of hydrogen-bond acceptors (Lipinski definition) is 4. The molecule has 0 radical (unpaired) electrons. The molecule has 4 nitrogen and oxygen atoms in total. The number of likely N-dealkylation sites (N-methyl/N-ethyl adjacent to an activating group) is 1. The fraction of sp³-hybridized carbons (Fsp3) is 0.625. The van der Waals surface area contributed by atoms with Crippen LogP contribution in [0.15, 0.2) is 12.1 Å². The molecule has 0 aliphatic carbocycles. The highest BCUT2D eigenvalue weighted by Crippen LogP contribution is 2.39. The van der Waals surface area contributed by atoms with E-state index >= 15 is 0 Å². The molecule has 1 aliphatic rings. The second-order valence-electron chi connectivity index (χ2n) is 5.39. The summed E-state index contributed by atoms with van der Waals surface area (Å²) in [5, 5.41) is 0. The van der Waals surface area contributed by atoms with E-state index in [-0.39, 0.29) is 11.9 Å². The fourth-order valence-electron chi connectivity index (χ4n) is 3.14. The predicted octanol–water partition coefficient (Wildman–Crippen LogP) is 1.99. The summed E-state index contributed by atoms with van der Waals surface area (Å²) in [4.78, 5) is 4.62. The van der Waals surface area contributed by atoms with Gasteiger partial charge in [-0.2, -0.15) is 0 Å². The average Bonchev–Trinajstić information content (AvgIpc) is 2.88. The number of methoxy groups -OCH3 is 1. The van der Waals surface area contributed by atoms with Gasteiger partial charge in [-0.25, -0.2) is 4.39 Å². The Morgan fingerprint density at radius 1 is 1.38 bits per heavy atom. The van der Waals surface area contributed by atoms with Gasteiger partial charge in [0, 0.05) is 37.3 Å². The van der Waals surface area contributed by atoms with Crippen LogP contribution in [0.5, 0.6) is 5.75 Å². The maximum Gasteiger partial charge on any atom is 0.128 e. The second kappa shape index (κ2) is 7.20. The average molecular weight is 295 g/mol. The normalized spacial score (nSPS) is 18.3.